The number of ether oxygens (including phenoxy) is 1. The van der Waals surface area contributed by atoms with E-state index in [0.29, 0.717) is 11.8 Å². The van der Waals surface area contributed by atoms with E-state index in [4.69, 9.17) is 4.74 Å². The number of aromatic nitrogens is 4. The molecule has 25 heavy (non-hydrogen) atoms. The topological polar surface area (TPSA) is 74.3 Å². The molecule has 0 aliphatic carbocycles. The largest absolute Gasteiger partial charge is 0.465 e. The first-order valence-corrected chi connectivity index (χ1v) is 9.10. The highest BCUT2D eigenvalue weighted by molar-refractivity contribution is 7.98. The van der Waals surface area contributed by atoms with E-state index in [1.165, 1.54) is 11.8 Å². The zero-order valence-corrected chi connectivity index (χ0v) is 15.2. The van der Waals surface area contributed by atoms with Crippen LogP contribution in [0.1, 0.15) is 18.2 Å². The summed E-state index contributed by atoms with van der Waals surface area (Å²) in [4.78, 5) is 11.9. The first-order chi connectivity index (χ1) is 12.2. The van der Waals surface area contributed by atoms with Crippen molar-refractivity contribution in [3.05, 3.63) is 41.9 Å². The lowest BCUT2D eigenvalue weighted by molar-refractivity contribution is -0.143. The van der Waals surface area contributed by atoms with E-state index < -0.39 is 0 Å². The SMILES string of the molecule is CCOC(=O)Cn1c(C)c(/C=N\n2cnnc2SC)c2ccccc21. The summed E-state index contributed by atoms with van der Waals surface area (Å²) in [5.74, 6) is -0.252. The molecule has 0 spiro atoms. The van der Waals surface area contributed by atoms with Crippen LogP contribution < -0.4 is 0 Å². The number of hydrogen-bond acceptors (Lipinski definition) is 6. The van der Waals surface area contributed by atoms with Gasteiger partial charge in [0.1, 0.15) is 12.9 Å². The number of hydrogen-bond donors (Lipinski definition) is 0. The molecule has 0 N–H and O–H groups in total. The second kappa shape index (κ2) is 7.52. The van der Waals surface area contributed by atoms with Crippen molar-refractivity contribution in [2.45, 2.75) is 25.5 Å². The van der Waals surface area contributed by atoms with Gasteiger partial charge in [-0.05, 0) is 26.2 Å². The van der Waals surface area contributed by atoms with Gasteiger partial charge in [-0.25, -0.2) is 0 Å². The van der Waals surface area contributed by atoms with Crippen LogP contribution in [0.15, 0.2) is 40.9 Å². The number of carbonyl (C=O) groups is 1. The Morgan fingerprint density at radius 3 is 2.96 bits per heavy atom. The maximum atomic E-state index is 11.9. The third kappa shape index (κ3) is 3.43. The highest BCUT2D eigenvalue weighted by atomic mass is 32.2. The lowest BCUT2D eigenvalue weighted by Gasteiger charge is -2.07. The Bertz CT molecular complexity index is 928. The molecule has 0 amide bonds. The van der Waals surface area contributed by atoms with Crippen LogP contribution in [0.3, 0.4) is 0 Å². The van der Waals surface area contributed by atoms with Crippen molar-refractivity contribution in [3.8, 4) is 0 Å². The summed E-state index contributed by atoms with van der Waals surface area (Å²) in [6, 6.07) is 7.94. The highest BCUT2D eigenvalue weighted by Crippen LogP contribution is 2.25. The molecule has 0 aliphatic rings. The van der Waals surface area contributed by atoms with E-state index >= 15 is 0 Å². The number of para-hydroxylation sites is 1. The molecule has 0 fully saturated rings. The molecule has 7 nitrogen and oxygen atoms in total. The van der Waals surface area contributed by atoms with Gasteiger partial charge in [-0.15, -0.1) is 10.2 Å². The lowest BCUT2D eigenvalue weighted by atomic mass is 10.1. The van der Waals surface area contributed by atoms with Gasteiger partial charge >= 0.3 is 5.97 Å². The Kier molecular flexibility index (Phi) is 5.18. The van der Waals surface area contributed by atoms with E-state index in [9.17, 15) is 4.79 Å². The van der Waals surface area contributed by atoms with Crippen molar-refractivity contribution in [3.63, 3.8) is 0 Å². The van der Waals surface area contributed by atoms with Gasteiger partial charge in [0.15, 0.2) is 0 Å². The zero-order valence-electron chi connectivity index (χ0n) is 14.3. The van der Waals surface area contributed by atoms with Gasteiger partial charge in [-0.2, -0.15) is 9.78 Å². The Hall–Kier alpha value is -2.61. The molecule has 3 rings (SSSR count). The van der Waals surface area contributed by atoms with Gasteiger partial charge in [0.25, 0.3) is 0 Å². The smallest absolute Gasteiger partial charge is 0.325 e. The maximum absolute atomic E-state index is 11.9. The molecule has 1 aromatic carbocycles. The Morgan fingerprint density at radius 2 is 2.20 bits per heavy atom. The Balaban J connectivity index is 2.03. The van der Waals surface area contributed by atoms with Crippen molar-refractivity contribution >= 4 is 34.8 Å². The van der Waals surface area contributed by atoms with E-state index in [-0.39, 0.29) is 12.5 Å². The Labute approximate surface area is 149 Å². The molecule has 0 bridgehead atoms. The van der Waals surface area contributed by atoms with Crippen LogP contribution >= 0.6 is 11.8 Å². The van der Waals surface area contributed by atoms with E-state index in [1.807, 2.05) is 42.0 Å². The minimum Gasteiger partial charge on any atom is -0.465 e. The predicted octanol–water partition coefficient (Wildman–Crippen LogP) is 2.71. The monoisotopic (exact) mass is 357 g/mol. The number of rotatable bonds is 6. The number of nitrogens with zero attached hydrogens (tertiary/aromatic N) is 5. The summed E-state index contributed by atoms with van der Waals surface area (Å²) < 4.78 is 8.67. The first-order valence-electron chi connectivity index (χ1n) is 7.87. The second-order valence-electron chi connectivity index (χ2n) is 5.31. The van der Waals surface area contributed by atoms with Crippen molar-refractivity contribution < 1.29 is 9.53 Å². The molecule has 2 aromatic heterocycles. The van der Waals surface area contributed by atoms with Gasteiger partial charge in [0, 0.05) is 22.2 Å². The summed E-state index contributed by atoms with van der Waals surface area (Å²) in [7, 11) is 0. The lowest BCUT2D eigenvalue weighted by Crippen LogP contribution is -2.14. The third-order valence-corrected chi connectivity index (χ3v) is 4.50. The summed E-state index contributed by atoms with van der Waals surface area (Å²) in [6.07, 6.45) is 5.27. The van der Waals surface area contributed by atoms with Crippen LogP contribution in [0, 0.1) is 6.92 Å². The van der Waals surface area contributed by atoms with Crippen molar-refractivity contribution in [1.82, 2.24) is 19.4 Å². The van der Waals surface area contributed by atoms with Crippen molar-refractivity contribution in [1.29, 1.82) is 0 Å². The number of benzene rings is 1. The fourth-order valence-corrected chi connectivity index (χ4v) is 3.12. The van der Waals surface area contributed by atoms with E-state index in [0.717, 1.165) is 22.2 Å². The molecule has 0 saturated carbocycles. The van der Waals surface area contributed by atoms with Crippen LogP contribution in [-0.2, 0) is 16.1 Å². The number of carbonyl (C=O) groups excluding carboxylic acids is 1. The molecule has 0 saturated heterocycles. The maximum Gasteiger partial charge on any atom is 0.325 e. The molecule has 3 aromatic rings. The quantitative estimate of drug-likeness (QED) is 0.385. The van der Waals surface area contributed by atoms with Gasteiger partial charge < -0.3 is 9.30 Å². The van der Waals surface area contributed by atoms with E-state index in [2.05, 4.69) is 15.3 Å². The van der Waals surface area contributed by atoms with Gasteiger partial charge in [0.2, 0.25) is 5.16 Å². The number of esters is 1. The van der Waals surface area contributed by atoms with Crippen LogP contribution in [0.5, 0.6) is 0 Å². The molecule has 0 aliphatic heterocycles. The van der Waals surface area contributed by atoms with Gasteiger partial charge in [0.05, 0.1) is 12.8 Å². The standard InChI is InChI=1S/C17H19N5O2S/c1-4-24-16(23)10-21-12(2)14(13-7-5-6-8-15(13)21)9-19-22-11-18-20-17(22)25-3/h5-9,11H,4,10H2,1-3H3/b19-9-. The average molecular weight is 357 g/mol. The summed E-state index contributed by atoms with van der Waals surface area (Å²) in [5, 5.41) is 14.1. The molecule has 0 unspecified atom stereocenters. The van der Waals surface area contributed by atoms with Gasteiger partial charge in [-0.1, -0.05) is 30.0 Å². The molecule has 8 heteroatoms. The minimum atomic E-state index is -0.252. The molecule has 0 atom stereocenters. The second-order valence-corrected chi connectivity index (χ2v) is 6.09. The first kappa shape index (κ1) is 17.2. The van der Waals surface area contributed by atoms with Crippen molar-refractivity contribution in [2.24, 2.45) is 5.10 Å². The summed E-state index contributed by atoms with van der Waals surface area (Å²) in [6.45, 7) is 4.33. The fourth-order valence-electron chi connectivity index (χ4n) is 2.71. The number of fused-ring (bicyclic) bond motifs is 1. The molecular formula is C17H19N5O2S. The highest BCUT2D eigenvalue weighted by Gasteiger charge is 2.15. The summed E-state index contributed by atoms with van der Waals surface area (Å²) in [5.41, 5.74) is 2.89. The normalized spacial score (nSPS) is 11.5. The zero-order chi connectivity index (χ0) is 17.8. The van der Waals surface area contributed by atoms with Crippen molar-refractivity contribution in [2.75, 3.05) is 12.9 Å². The molecule has 0 radical (unpaired) electrons. The predicted molar refractivity (Wildman–Crippen MR) is 98.1 cm³/mol. The van der Waals surface area contributed by atoms with Crippen LogP contribution in [0.25, 0.3) is 10.9 Å². The third-order valence-electron chi connectivity index (χ3n) is 3.87. The molecule has 130 valence electrons. The van der Waals surface area contributed by atoms with Crippen LogP contribution in [0.4, 0.5) is 0 Å². The summed E-state index contributed by atoms with van der Waals surface area (Å²) >= 11 is 1.47. The molecular weight excluding hydrogens is 338 g/mol. The average Bonchev–Trinajstić information content (AvgIpc) is 3.17. The number of thioether (sulfide) groups is 1. The minimum absolute atomic E-state index is 0.177. The van der Waals surface area contributed by atoms with E-state index in [1.54, 1.807) is 24.1 Å². The Morgan fingerprint density at radius 1 is 1.40 bits per heavy atom. The fraction of sp³-hybridized carbons (Fsp3) is 0.294. The molecule has 2 heterocycles. The van der Waals surface area contributed by atoms with Crippen LogP contribution in [-0.4, -0.2) is 44.5 Å². The van der Waals surface area contributed by atoms with Crippen LogP contribution in [0.2, 0.25) is 0 Å². The van der Waals surface area contributed by atoms with Gasteiger partial charge in [-0.3, -0.25) is 4.79 Å².